The van der Waals surface area contributed by atoms with Crippen LogP contribution < -0.4 is 5.32 Å². The van der Waals surface area contributed by atoms with Crippen LogP contribution in [-0.4, -0.2) is 23.0 Å². The third-order valence-electron chi connectivity index (χ3n) is 2.17. The van der Waals surface area contributed by atoms with E-state index in [9.17, 15) is 10.1 Å². The largest absolute Gasteiger partial charge is 0.464 e. The predicted octanol–water partition coefficient (Wildman–Crippen LogP) is 1.67. The number of ether oxygens (including phenoxy) is 1. The highest BCUT2D eigenvalue weighted by molar-refractivity contribution is 8.06. The smallest absolute Gasteiger partial charge is 0.355 e. The molecule has 1 aromatic rings. The van der Waals surface area contributed by atoms with Crippen molar-refractivity contribution in [3.63, 3.8) is 0 Å². The molecular formula is C11H7ClN4O2S. The maximum atomic E-state index is 11.3. The van der Waals surface area contributed by atoms with Gasteiger partial charge in [0, 0.05) is 11.6 Å². The molecule has 2 rings (SSSR count). The molecule has 6 nitrogen and oxygen atoms in total. The number of thioether (sulfide) groups is 1. The summed E-state index contributed by atoms with van der Waals surface area (Å²) in [5, 5.41) is 14.1. The lowest BCUT2D eigenvalue weighted by Crippen LogP contribution is -2.16. The highest BCUT2D eigenvalue weighted by Crippen LogP contribution is 2.31. The van der Waals surface area contributed by atoms with Crippen molar-refractivity contribution in [2.24, 2.45) is 0 Å². The molecule has 0 radical (unpaired) electrons. The van der Waals surface area contributed by atoms with E-state index in [4.69, 9.17) is 11.6 Å². The first-order valence-electron chi connectivity index (χ1n) is 5.01. The molecule has 1 aliphatic heterocycles. The quantitative estimate of drug-likeness (QED) is 0.504. The minimum absolute atomic E-state index is 0.0509. The third kappa shape index (κ3) is 2.86. The minimum atomic E-state index is -0.500. The molecule has 0 saturated heterocycles. The Balaban J connectivity index is 2.32. The van der Waals surface area contributed by atoms with Crippen molar-refractivity contribution in [1.82, 2.24) is 15.3 Å². The molecule has 8 heteroatoms. The number of carbonyl (C=O) groups is 1. The van der Waals surface area contributed by atoms with Gasteiger partial charge in [-0.25, -0.2) is 14.8 Å². The Kier molecular flexibility index (Phi) is 4.04. The number of rotatable bonds is 2. The summed E-state index contributed by atoms with van der Waals surface area (Å²) >= 11 is 6.89. The van der Waals surface area contributed by atoms with Gasteiger partial charge in [0.15, 0.2) is 0 Å². The van der Waals surface area contributed by atoms with E-state index in [1.165, 1.54) is 25.1 Å². The number of nitriles is 1. The van der Waals surface area contributed by atoms with Gasteiger partial charge in [-0.15, -0.1) is 0 Å². The summed E-state index contributed by atoms with van der Waals surface area (Å²) in [7, 11) is 1.28. The number of hydrogen-bond donors (Lipinski definition) is 1. The van der Waals surface area contributed by atoms with E-state index in [1.54, 1.807) is 11.5 Å². The molecule has 19 heavy (non-hydrogen) atoms. The Bertz CT molecular complexity index is 636. The van der Waals surface area contributed by atoms with Crippen molar-refractivity contribution in [2.75, 3.05) is 7.11 Å². The average molecular weight is 295 g/mol. The van der Waals surface area contributed by atoms with Gasteiger partial charge in [0.2, 0.25) is 5.28 Å². The van der Waals surface area contributed by atoms with Gasteiger partial charge in [0.05, 0.1) is 17.8 Å². The van der Waals surface area contributed by atoms with Crippen LogP contribution in [0.1, 0.15) is 5.69 Å². The zero-order valence-electron chi connectivity index (χ0n) is 9.68. The number of esters is 1. The maximum Gasteiger partial charge on any atom is 0.355 e. The second kappa shape index (κ2) is 5.73. The first-order chi connectivity index (χ1) is 9.15. The first kappa shape index (κ1) is 13.4. The lowest BCUT2D eigenvalue weighted by Gasteiger charge is -2.05. The monoisotopic (exact) mass is 294 g/mol. The summed E-state index contributed by atoms with van der Waals surface area (Å²) in [4.78, 5) is 19.1. The molecule has 0 spiro atoms. The fourth-order valence-corrected chi connectivity index (χ4v) is 2.30. The van der Waals surface area contributed by atoms with Gasteiger partial charge in [-0.3, -0.25) is 0 Å². The molecule has 0 amide bonds. The van der Waals surface area contributed by atoms with E-state index in [1.807, 2.05) is 6.07 Å². The van der Waals surface area contributed by atoms with E-state index in [0.29, 0.717) is 10.7 Å². The molecule has 0 bridgehead atoms. The normalized spacial score (nSPS) is 16.2. The van der Waals surface area contributed by atoms with Gasteiger partial charge >= 0.3 is 5.97 Å². The minimum Gasteiger partial charge on any atom is -0.464 e. The summed E-state index contributed by atoms with van der Waals surface area (Å²) in [5.41, 5.74) is 0.942. The molecule has 1 N–H and O–H groups in total. The lowest BCUT2D eigenvalue weighted by atomic mass is 10.2. The number of aromatic nitrogens is 2. The predicted molar refractivity (Wildman–Crippen MR) is 70.4 cm³/mol. The van der Waals surface area contributed by atoms with Crippen LogP contribution >= 0.6 is 23.4 Å². The Morgan fingerprint density at radius 1 is 1.63 bits per heavy atom. The zero-order chi connectivity index (χ0) is 13.8. The number of allylic oxidation sites excluding steroid dienone is 1. The molecule has 1 aliphatic rings. The van der Waals surface area contributed by atoms with E-state index in [2.05, 4.69) is 20.0 Å². The van der Waals surface area contributed by atoms with Gasteiger partial charge in [0.1, 0.15) is 17.3 Å². The van der Waals surface area contributed by atoms with E-state index < -0.39 is 5.97 Å². The third-order valence-corrected chi connectivity index (χ3v) is 3.25. The van der Waals surface area contributed by atoms with Gasteiger partial charge in [-0.05, 0) is 17.7 Å². The summed E-state index contributed by atoms with van der Waals surface area (Å²) in [6, 6.07) is 3.59. The Morgan fingerprint density at radius 2 is 2.42 bits per heavy atom. The highest BCUT2D eigenvalue weighted by Gasteiger charge is 2.21. The SMILES string of the molecule is COC(=O)C1=CS/C(=C(\C#N)c2ccnc(Cl)n2)N1. The van der Waals surface area contributed by atoms with E-state index >= 15 is 0 Å². The van der Waals surface area contributed by atoms with Crippen molar-refractivity contribution >= 4 is 34.9 Å². The Morgan fingerprint density at radius 3 is 3.05 bits per heavy atom. The lowest BCUT2D eigenvalue weighted by molar-refractivity contribution is -0.136. The molecule has 2 heterocycles. The first-order valence-corrected chi connectivity index (χ1v) is 6.27. The summed E-state index contributed by atoms with van der Waals surface area (Å²) < 4.78 is 4.59. The number of nitrogens with one attached hydrogen (secondary N) is 1. The van der Waals surface area contributed by atoms with Crippen molar-refractivity contribution in [3.8, 4) is 6.07 Å². The summed E-state index contributed by atoms with van der Waals surface area (Å²) in [5.74, 6) is -0.500. The van der Waals surface area contributed by atoms with Crippen LogP contribution in [0.25, 0.3) is 5.57 Å². The maximum absolute atomic E-state index is 11.3. The van der Waals surface area contributed by atoms with Crippen LogP contribution in [-0.2, 0) is 9.53 Å². The molecule has 0 aromatic carbocycles. The van der Waals surface area contributed by atoms with Crippen molar-refractivity contribution in [2.45, 2.75) is 0 Å². The number of nitrogens with zero attached hydrogens (tertiary/aromatic N) is 3. The molecule has 0 fully saturated rings. The topological polar surface area (TPSA) is 87.9 Å². The number of carbonyl (C=O) groups excluding carboxylic acids is 1. The summed E-state index contributed by atoms with van der Waals surface area (Å²) in [6.07, 6.45) is 1.46. The van der Waals surface area contributed by atoms with Gasteiger partial charge in [0.25, 0.3) is 0 Å². The molecule has 0 aliphatic carbocycles. The molecule has 96 valence electrons. The zero-order valence-corrected chi connectivity index (χ0v) is 11.2. The summed E-state index contributed by atoms with van der Waals surface area (Å²) in [6.45, 7) is 0. The Hall–Kier alpha value is -2.04. The van der Waals surface area contributed by atoms with Gasteiger partial charge in [-0.2, -0.15) is 5.26 Å². The number of halogens is 1. The van der Waals surface area contributed by atoms with E-state index in [-0.39, 0.29) is 16.6 Å². The second-order valence-electron chi connectivity index (χ2n) is 3.29. The molecular weight excluding hydrogens is 288 g/mol. The van der Waals surface area contributed by atoms with Crippen LogP contribution in [0.2, 0.25) is 5.28 Å². The van der Waals surface area contributed by atoms with Crippen LogP contribution in [0.3, 0.4) is 0 Å². The number of methoxy groups -OCH3 is 1. The highest BCUT2D eigenvalue weighted by atomic mass is 35.5. The van der Waals surface area contributed by atoms with Crippen molar-refractivity contribution < 1.29 is 9.53 Å². The Labute approximate surface area is 118 Å². The molecule has 1 aromatic heterocycles. The van der Waals surface area contributed by atoms with Crippen molar-refractivity contribution in [3.05, 3.63) is 39.4 Å². The number of hydrogen-bond acceptors (Lipinski definition) is 7. The fourth-order valence-electron chi connectivity index (χ4n) is 1.33. The van der Waals surface area contributed by atoms with Crippen LogP contribution in [0.5, 0.6) is 0 Å². The molecule has 0 atom stereocenters. The average Bonchev–Trinajstić information content (AvgIpc) is 2.88. The van der Waals surface area contributed by atoms with Crippen LogP contribution in [0, 0.1) is 11.3 Å². The molecule has 0 saturated carbocycles. The van der Waals surface area contributed by atoms with Gasteiger partial charge < -0.3 is 10.1 Å². The van der Waals surface area contributed by atoms with Crippen molar-refractivity contribution in [1.29, 1.82) is 5.26 Å². The standard InChI is InChI=1S/C11H7ClN4O2S/c1-18-10(17)8-5-19-9(15-8)6(4-13)7-2-3-14-11(12)16-7/h2-3,5,15H,1H3/b9-6+. The van der Waals surface area contributed by atoms with Gasteiger partial charge in [-0.1, -0.05) is 11.8 Å². The van der Waals surface area contributed by atoms with E-state index in [0.717, 1.165) is 0 Å². The second-order valence-corrected chi connectivity index (χ2v) is 4.51. The van der Waals surface area contributed by atoms with Crippen LogP contribution in [0.4, 0.5) is 0 Å². The van der Waals surface area contributed by atoms with Crippen LogP contribution in [0.15, 0.2) is 28.4 Å². The fraction of sp³-hybridized carbons (Fsp3) is 0.0909. The molecule has 0 unspecified atom stereocenters.